The van der Waals surface area contributed by atoms with E-state index in [2.05, 4.69) is 24.9 Å². The zero-order chi connectivity index (χ0) is 11.8. The fraction of sp³-hybridized carbons (Fsp3) is 0.643. The Hall–Kier alpha value is -0.890. The van der Waals surface area contributed by atoms with Crippen molar-refractivity contribution in [1.82, 2.24) is 4.98 Å². The maximum atomic E-state index is 10.8. The molecule has 0 radical (unpaired) electrons. The molecule has 2 heteroatoms. The lowest BCUT2D eigenvalue weighted by Gasteiger charge is -2.39. The van der Waals surface area contributed by atoms with E-state index >= 15 is 0 Å². The number of aromatic nitrogens is 1. The smallest absolute Gasteiger partial charge is 0.0916 e. The van der Waals surface area contributed by atoms with E-state index in [1.165, 1.54) is 6.42 Å². The van der Waals surface area contributed by atoms with E-state index in [9.17, 15) is 5.11 Å². The highest BCUT2D eigenvalue weighted by atomic mass is 16.3. The van der Waals surface area contributed by atoms with Gasteiger partial charge in [0.2, 0.25) is 0 Å². The molecule has 1 heterocycles. The van der Waals surface area contributed by atoms with Crippen molar-refractivity contribution in [2.45, 2.75) is 45.6 Å². The lowest BCUT2D eigenvalue weighted by Crippen LogP contribution is -2.35. The molecule has 2 rings (SSSR count). The van der Waals surface area contributed by atoms with Crippen LogP contribution in [0.5, 0.6) is 0 Å². The summed E-state index contributed by atoms with van der Waals surface area (Å²) in [5.41, 5.74) is 1.46. The van der Waals surface area contributed by atoms with Gasteiger partial charge in [-0.1, -0.05) is 19.9 Å². The fourth-order valence-corrected chi connectivity index (χ4v) is 3.13. The molecule has 1 aromatic heterocycles. The third kappa shape index (κ3) is 2.27. The SMILES string of the molecule is Cc1cncc(C2(O)CC(C)CC(C)C2)c1. The van der Waals surface area contributed by atoms with Gasteiger partial charge in [0.1, 0.15) is 0 Å². The van der Waals surface area contributed by atoms with Crippen LogP contribution in [0.15, 0.2) is 18.5 Å². The zero-order valence-corrected chi connectivity index (χ0v) is 10.4. The van der Waals surface area contributed by atoms with E-state index < -0.39 is 5.60 Å². The molecule has 1 saturated carbocycles. The molecule has 88 valence electrons. The van der Waals surface area contributed by atoms with Gasteiger partial charge in [-0.25, -0.2) is 0 Å². The van der Waals surface area contributed by atoms with E-state index in [4.69, 9.17) is 0 Å². The molecule has 2 atom stereocenters. The third-order valence-corrected chi connectivity index (χ3v) is 3.59. The molecule has 0 amide bonds. The van der Waals surface area contributed by atoms with Crippen molar-refractivity contribution in [2.24, 2.45) is 11.8 Å². The van der Waals surface area contributed by atoms with Gasteiger partial charge in [-0.2, -0.15) is 0 Å². The summed E-state index contributed by atoms with van der Waals surface area (Å²) in [6, 6.07) is 2.07. The van der Waals surface area contributed by atoms with Crippen LogP contribution in [0.3, 0.4) is 0 Å². The first-order valence-electron chi connectivity index (χ1n) is 6.14. The van der Waals surface area contributed by atoms with Gasteiger partial charge in [0.25, 0.3) is 0 Å². The monoisotopic (exact) mass is 219 g/mol. The highest BCUT2D eigenvalue weighted by Crippen LogP contribution is 2.42. The second-order valence-corrected chi connectivity index (χ2v) is 5.64. The molecule has 0 bridgehead atoms. The molecular weight excluding hydrogens is 198 g/mol. The molecule has 1 aliphatic rings. The van der Waals surface area contributed by atoms with Gasteiger partial charge in [-0.15, -0.1) is 0 Å². The van der Waals surface area contributed by atoms with Crippen LogP contribution < -0.4 is 0 Å². The molecule has 16 heavy (non-hydrogen) atoms. The van der Waals surface area contributed by atoms with Crippen LogP contribution >= 0.6 is 0 Å². The Kier molecular flexibility index (Phi) is 3.02. The Labute approximate surface area is 97.7 Å². The summed E-state index contributed by atoms with van der Waals surface area (Å²) in [5, 5.41) is 10.8. The predicted octanol–water partition coefficient (Wildman–Crippen LogP) is 3.03. The van der Waals surface area contributed by atoms with Crippen molar-refractivity contribution < 1.29 is 5.11 Å². The van der Waals surface area contributed by atoms with E-state index in [-0.39, 0.29) is 0 Å². The second-order valence-electron chi connectivity index (χ2n) is 5.64. The summed E-state index contributed by atoms with van der Waals surface area (Å²) in [4.78, 5) is 4.19. The third-order valence-electron chi connectivity index (χ3n) is 3.59. The highest BCUT2D eigenvalue weighted by Gasteiger charge is 2.37. The van der Waals surface area contributed by atoms with Crippen LogP contribution in [-0.4, -0.2) is 10.1 Å². The molecule has 0 spiro atoms. The number of rotatable bonds is 1. The molecule has 2 unspecified atom stereocenters. The molecule has 0 saturated heterocycles. The van der Waals surface area contributed by atoms with Gasteiger partial charge < -0.3 is 5.11 Å². The van der Waals surface area contributed by atoms with Gasteiger partial charge >= 0.3 is 0 Å². The maximum absolute atomic E-state index is 10.8. The van der Waals surface area contributed by atoms with Crippen LogP contribution in [0.25, 0.3) is 0 Å². The number of hydrogen-bond acceptors (Lipinski definition) is 2. The molecule has 0 aromatic carbocycles. The first-order chi connectivity index (χ1) is 7.49. The van der Waals surface area contributed by atoms with Crippen LogP contribution in [0.1, 0.15) is 44.2 Å². The first-order valence-corrected chi connectivity index (χ1v) is 6.14. The largest absolute Gasteiger partial charge is 0.385 e. The van der Waals surface area contributed by atoms with Crippen LogP contribution in [0.2, 0.25) is 0 Å². The zero-order valence-electron chi connectivity index (χ0n) is 10.4. The minimum atomic E-state index is -0.657. The average Bonchev–Trinajstić information content (AvgIpc) is 2.15. The molecular formula is C14H21NO. The Bertz CT molecular complexity index is 365. The van der Waals surface area contributed by atoms with Crippen molar-refractivity contribution in [2.75, 3.05) is 0 Å². The van der Waals surface area contributed by atoms with Crippen molar-refractivity contribution in [3.63, 3.8) is 0 Å². The molecule has 1 aromatic rings. The fourth-order valence-electron chi connectivity index (χ4n) is 3.13. The predicted molar refractivity (Wildman–Crippen MR) is 65.0 cm³/mol. The Morgan fingerprint density at radius 3 is 2.44 bits per heavy atom. The number of aliphatic hydroxyl groups is 1. The molecule has 1 fully saturated rings. The van der Waals surface area contributed by atoms with Crippen molar-refractivity contribution in [3.8, 4) is 0 Å². The topological polar surface area (TPSA) is 33.1 Å². The van der Waals surface area contributed by atoms with E-state index in [0.717, 1.165) is 24.0 Å². The van der Waals surface area contributed by atoms with Gasteiger partial charge in [-0.3, -0.25) is 4.98 Å². The van der Waals surface area contributed by atoms with Crippen molar-refractivity contribution in [1.29, 1.82) is 0 Å². The molecule has 2 nitrogen and oxygen atoms in total. The van der Waals surface area contributed by atoms with E-state index in [0.29, 0.717) is 11.8 Å². The molecule has 1 aliphatic carbocycles. The van der Waals surface area contributed by atoms with Gasteiger partial charge in [0, 0.05) is 18.0 Å². The summed E-state index contributed by atoms with van der Waals surface area (Å²) in [6.07, 6.45) is 6.60. The van der Waals surface area contributed by atoms with Gasteiger partial charge in [0.05, 0.1) is 5.60 Å². The van der Waals surface area contributed by atoms with Crippen LogP contribution in [-0.2, 0) is 5.60 Å². The summed E-state index contributed by atoms with van der Waals surface area (Å²) >= 11 is 0. The Morgan fingerprint density at radius 1 is 1.25 bits per heavy atom. The summed E-state index contributed by atoms with van der Waals surface area (Å²) < 4.78 is 0. The van der Waals surface area contributed by atoms with Crippen molar-refractivity contribution in [3.05, 3.63) is 29.6 Å². The number of hydrogen-bond donors (Lipinski definition) is 1. The standard InChI is InChI=1S/C14H21NO/c1-10-4-11(2)7-14(16,6-10)13-5-12(3)8-15-9-13/h5,8-11,16H,4,6-7H2,1-3H3. The minimum absolute atomic E-state index is 0.592. The van der Waals surface area contributed by atoms with Gasteiger partial charge in [0.15, 0.2) is 0 Å². The van der Waals surface area contributed by atoms with E-state index in [1.54, 1.807) is 0 Å². The number of pyridine rings is 1. The molecule has 1 N–H and O–H groups in total. The highest BCUT2D eigenvalue weighted by molar-refractivity contribution is 5.24. The summed E-state index contributed by atoms with van der Waals surface area (Å²) in [5.74, 6) is 1.18. The second kappa shape index (κ2) is 4.17. The van der Waals surface area contributed by atoms with Crippen LogP contribution in [0, 0.1) is 18.8 Å². The molecule has 0 aliphatic heterocycles. The van der Waals surface area contributed by atoms with Crippen LogP contribution in [0.4, 0.5) is 0 Å². The first kappa shape index (κ1) is 11.6. The van der Waals surface area contributed by atoms with Crippen molar-refractivity contribution >= 4 is 0 Å². The quantitative estimate of drug-likeness (QED) is 0.787. The van der Waals surface area contributed by atoms with E-state index in [1.807, 2.05) is 19.3 Å². The Morgan fingerprint density at radius 2 is 1.88 bits per heavy atom. The van der Waals surface area contributed by atoms with Gasteiger partial charge in [-0.05, 0) is 43.6 Å². The Balaban J connectivity index is 2.30. The number of nitrogens with zero attached hydrogens (tertiary/aromatic N) is 1. The minimum Gasteiger partial charge on any atom is -0.385 e. The summed E-state index contributed by atoms with van der Waals surface area (Å²) in [6.45, 7) is 6.48. The normalized spacial score (nSPS) is 35.0. The lowest BCUT2D eigenvalue weighted by molar-refractivity contribution is -0.0365. The number of aryl methyl sites for hydroxylation is 1. The average molecular weight is 219 g/mol. The maximum Gasteiger partial charge on any atom is 0.0916 e. The summed E-state index contributed by atoms with van der Waals surface area (Å²) in [7, 11) is 0. The lowest BCUT2D eigenvalue weighted by atomic mass is 9.71.